The zero-order valence-corrected chi connectivity index (χ0v) is 15.8. The van der Waals surface area contributed by atoms with Crippen LogP contribution in [0.25, 0.3) is 21.2 Å². The Morgan fingerprint density at radius 2 is 1.84 bits per heavy atom. The van der Waals surface area contributed by atoms with Crippen molar-refractivity contribution in [3.8, 4) is 11.1 Å². The molecule has 0 saturated heterocycles. The highest BCUT2D eigenvalue weighted by atomic mass is 35.5. The minimum atomic E-state index is -0.510. The fourth-order valence-corrected chi connectivity index (χ4v) is 4.39. The molecule has 3 rings (SSSR count). The zero-order chi connectivity index (χ0) is 18.1. The van der Waals surface area contributed by atoms with Gasteiger partial charge in [-0.2, -0.15) is 0 Å². The SMILES string of the molecule is CCOC(=O)c1sc2c(-c3cc(Cl)cc(Cl)c3)cncc2c1C(C)=O. The third-order valence-electron chi connectivity index (χ3n) is 3.58. The lowest BCUT2D eigenvalue weighted by molar-refractivity contribution is 0.0529. The Labute approximate surface area is 158 Å². The summed E-state index contributed by atoms with van der Waals surface area (Å²) in [6, 6.07) is 5.17. The molecule has 0 fully saturated rings. The largest absolute Gasteiger partial charge is 0.462 e. The molecule has 25 heavy (non-hydrogen) atoms. The lowest BCUT2D eigenvalue weighted by Gasteiger charge is -2.05. The number of Topliss-reactive ketones (excluding diaryl/α,β-unsaturated/α-hetero) is 1. The first-order chi connectivity index (χ1) is 11.9. The summed E-state index contributed by atoms with van der Waals surface area (Å²) in [5.41, 5.74) is 1.85. The normalized spacial score (nSPS) is 10.9. The van der Waals surface area contributed by atoms with E-state index < -0.39 is 5.97 Å². The van der Waals surface area contributed by atoms with Crippen molar-refractivity contribution in [3.05, 3.63) is 51.1 Å². The fraction of sp³-hybridized carbons (Fsp3) is 0.167. The van der Waals surface area contributed by atoms with Gasteiger partial charge in [0.15, 0.2) is 5.78 Å². The van der Waals surface area contributed by atoms with Crippen LogP contribution < -0.4 is 0 Å². The third-order valence-corrected chi connectivity index (χ3v) is 5.24. The number of carbonyl (C=O) groups excluding carboxylic acids is 2. The molecule has 2 heterocycles. The first-order valence-corrected chi connectivity index (χ1v) is 9.04. The van der Waals surface area contributed by atoms with Gasteiger partial charge >= 0.3 is 5.97 Å². The van der Waals surface area contributed by atoms with Gasteiger partial charge in [-0.1, -0.05) is 23.2 Å². The molecular weight excluding hydrogens is 381 g/mol. The van der Waals surface area contributed by atoms with E-state index in [2.05, 4.69) is 4.98 Å². The van der Waals surface area contributed by atoms with Gasteiger partial charge < -0.3 is 4.74 Å². The number of nitrogens with zero attached hydrogens (tertiary/aromatic N) is 1. The summed E-state index contributed by atoms with van der Waals surface area (Å²) in [5.74, 6) is -0.721. The number of hydrogen-bond donors (Lipinski definition) is 0. The van der Waals surface area contributed by atoms with Crippen molar-refractivity contribution in [1.29, 1.82) is 0 Å². The molecule has 0 radical (unpaired) electrons. The lowest BCUT2D eigenvalue weighted by Crippen LogP contribution is -2.07. The maximum Gasteiger partial charge on any atom is 0.349 e. The van der Waals surface area contributed by atoms with E-state index in [1.54, 1.807) is 37.5 Å². The van der Waals surface area contributed by atoms with Crippen LogP contribution in [0.1, 0.15) is 33.9 Å². The zero-order valence-electron chi connectivity index (χ0n) is 13.4. The van der Waals surface area contributed by atoms with Crippen molar-refractivity contribution >= 4 is 56.4 Å². The number of pyridine rings is 1. The summed E-state index contributed by atoms with van der Waals surface area (Å²) in [6.45, 7) is 3.38. The number of fused-ring (bicyclic) bond motifs is 1. The summed E-state index contributed by atoms with van der Waals surface area (Å²) in [6.07, 6.45) is 3.25. The van der Waals surface area contributed by atoms with Gasteiger partial charge in [-0.15, -0.1) is 11.3 Å². The number of hydrogen-bond acceptors (Lipinski definition) is 5. The molecule has 0 aliphatic heterocycles. The standard InChI is InChI=1S/C18H13Cl2NO3S/c1-3-24-18(23)17-15(9(2)22)14-8-21-7-13(16(14)25-17)10-4-11(19)6-12(20)5-10/h4-8H,3H2,1-2H3. The molecule has 128 valence electrons. The molecular formula is C18H13Cl2NO3S. The van der Waals surface area contributed by atoms with Gasteiger partial charge in [0, 0.05) is 38.1 Å². The van der Waals surface area contributed by atoms with Gasteiger partial charge in [0.25, 0.3) is 0 Å². The minimum Gasteiger partial charge on any atom is -0.462 e. The number of aromatic nitrogens is 1. The molecule has 7 heteroatoms. The van der Waals surface area contributed by atoms with Crippen LogP contribution in [-0.2, 0) is 4.74 Å². The number of thiophene rings is 1. The van der Waals surface area contributed by atoms with Crippen molar-refractivity contribution in [3.63, 3.8) is 0 Å². The number of carbonyl (C=O) groups is 2. The molecule has 0 saturated carbocycles. The third kappa shape index (κ3) is 3.40. The van der Waals surface area contributed by atoms with Crippen molar-refractivity contribution in [2.75, 3.05) is 6.61 Å². The molecule has 0 amide bonds. The van der Waals surface area contributed by atoms with Crippen LogP contribution in [0.3, 0.4) is 0 Å². The first-order valence-electron chi connectivity index (χ1n) is 7.47. The van der Waals surface area contributed by atoms with Gasteiger partial charge in [-0.05, 0) is 37.6 Å². The molecule has 0 bridgehead atoms. The monoisotopic (exact) mass is 393 g/mol. The number of halogens is 2. The van der Waals surface area contributed by atoms with Gasteiger partial charge in [0.1, 0.15) is 4.88 Å². The molecule has 3 aromatic rings. The summed E-state index contributed by atoms with van der Waals surface area (Å²) >= 11 is 13.4. The van der Waals surface area contributed by atoms with Crippen LogP contribution in [0.15, 0.2) is 30.6 Å². The molecule has 2 aromatic heterocycles. The van der Waals surface area contributed by atoms with E-state index in [0.717, 1.165) is 15.8 Å². The summed E-state index contributed by atoms with van der Waals surface area (Å²) in [7, 11) is 0. The average molecular weight is 394 g/mol. The predicted octanol–water partition coefficient (Wildman–Crippen LogP) is 5.65. The van der Waals surface area contributed by atoms with Gasteiger partial charge in [-0.3, -0.25) is 9.78 Å². The average Bonchev–Trinajstić information content (AvgIpc) is 2.93. The second-order valence-electron chi connectivity index (χ2n) is 5.30. The van der Waals surface area contributed by atoms with Crippen molar-refractivity contribution in [1.82, 2.24) is 4.98 Å². The van der Waals surface area contributed by atoms with E-state index in [4.69, 9.17) is 27.9 Å². The maximum atomic E-state index is 12.3. The molecule has 1 aromatic carbocycles. The highest BCUT2D eigenvalue weighted by molar-refractivity contribution is 7.21. The Kier molecular flexibility index (Phi) is 5.08. The van der Waals surface area contributed by atoms with Crippen LogP contribution in [0.5, 0.6) is 0 Å². The number of esters is 1. The summed E-state index contributed by atoms with van der Waals surface area (Å²) in [5, 5.41) is 1.61. The molecule has 0 unspecified atom stereocenters. The van der Waals surface area contributed by atoms with Crippen molar-refractivity contribution in [2.24, 2.45) is 0 Å². The van der Waals surface area contributed by atoms with Crippen molar-refractivity contribution in [2.45, 2.75) is 13.8 Å². The van der Waals surface area contributed by atoms with Crippen LogP contribution in [0.2, 0.25) is 10.0 Å². The Balaban J connectivity index is 2.31. The summed E-state index contributed by atoms with van der Waals surface area (Å²) < 4.78 is 5.85. The van der Waals surface area contributed by atoms with E-state index in [1.165, 1.54) is 18.3 Å². The Morgan fingerprint density at radius 3 is 2.44 bits per heavy atom. The van der Waals surface area contributed by atoms with E-state index >= 15 is 0 Å². The van der Waals surface area contributed by atoms with Gasteiger partial charge in [0.05, 0.1) is 12.2 Å². The maximum absolute atomic E-state index is 12.3. The Hall–Kier alpha value is -1.95. The van der Waals surface area contributed by atoms with Gasteiger partial charge in [-0.25, -0.2) is 4.79 Å². The Bertz CT molecular complexity index is 977. The van der Waals surface area contributed by atoms with E-state index in [1.807, 2.05) is 0 Å². The molecule has 0 spiro atoms. The fourth-order valence-electron chi connectivity index (χ4n) is 2.62. The van der Waals surface area contributed by atoms with Crippen LogP contribution in [0, 0.1) is 0 Å². The van der Waals surface area contributed by atoms with E-state index in [9.17, 15) is 9.59 Å². The Morgan fingerprint density at radius 1 is 1.16 bits per heavy atom. The second-order valence-corrected chi connectivity index (χ2v) is 7.20. The quantitative estimate of drug-likeness (QED) is 0.424. The number of benzene rings is 1. The number of ether oxygens (including phenoxy) is 1. The first kappa shape index (κ1) is 17.9. The second kappa shape index (κ2) is 7.12. The van der Waals surface area contributed by atoms with Gasteiger partial charge in [0.2, 0.25) is 0 Å². The van der Waals surface area contributed by atoms with Crippen LogP contribution in [-0.4, -0.2) is 23.3 Å². The highest BCUT2D eigenvalue weighted by Crippen LogP contribution is 2.39. The predicted molar refractivity (Wildman–Crippen MR) is 101 cm³/mol. The molecule has 0 N–H and O–H groups in total. The minimum absolute atomic E-state index is 0.211. The van der Waals surface area contributed by atoms with Crippen LogP contribution in [0.4, 0.5) is 0 Å². The molecule has 0 aliphatic rings. The van der Waals surface area contributed by atoms with Crippen molar-refractivity contribution < 1.29 is 14.3 Å². The summed E-state index contributed by atoms with van der Waals surface area (Å²) in [4.78, 5) is 28.9. The number of ketones is 1. The van der Waals surface area contributed by atoms with E-state index in [0.29, 0.717) is 21.0 Å². The topological polar surface area (TPSA) is 56.3 Å². The van der Waals surface area contributed by atoms with Crippen LogP contribution >= 0.6 is 34.5 Å². The number of rotatable bonds is 4. The molecule has 0 atom stereocenters. The molecule has 0 aliphatic carbocycles. The lowest BCUT2D eigenvalue weighted by atomic mass is 10.0. The molecule has 4 nitrogen and oxygen atoms in total. The van der Waals surface area contributed by atoms with E-state index in [-0.39, 0.29) is 17.3 Å². The smallest absolute Gasteiger partial charge is 0.349 e. The highest BCUT2D eigenvalue weighted by Gasteiger charge is 2.24.